The van der Waals surface area contributed by atoms with Crippen molar-refractivity contribution in [1.29, 1.82) is 0 Å². The van der Waals surface area contributed by atoms with Crippen molar-refractivity contribution in [3.05, 3.63) is 58.1 Å². The Bertz CT molecular complexity index is 1030. The summed E-state index contributed by atoms with van der Waals surface area (Å²) in [5.41, 5.74) is 1.28. The van der Waals surface area contributed by atoms with Gasteiger partial charge in [0.15, 0.2) is 5.13 Å². The molecule has 0 fully saturated rings. The van der Waals surface area contributed by atoms with Crippen LogP contribution >= 0.6 is 35.5 Å². The Hall–Kier alpha value is -2.20. The van der Waals surface area contributed by atoms with E-state index in [4.69, 9.17) is 0 Å². The summed E-state index contributed by atoms with van der Waals surface area (Å²) in [7, 11) is 3.89. The van der Waals surface area contributed by atoms with Crippen LogP contribution in [-0.4, -0.2) is 54.2 Å². The number of nitro benzene ring substituents is 1. The molecule has 7 nitrogen and oxygen atoms in total. The number of halogens is 1. The van der Waals surface area contributed by atoms with Gasteiger partial charge in [0.1, 0.15) is 0 Å². The van der Waals surface area contributed by atoms with E-state index in [0.717, 1.165) is 4.90 Å². The summed E-state index contributed by atoms with van der Waals surface area (Å²) in [6, 6.07) is 12.0. The SMILES string of the molecule is CSc1ccccc1C(=O)N(CCN(C)C)c1nc2ccc([N+](=O)[O-])cc2s1.Cl. The van der Waals surface area contributed by atoms with Gasteiger partial charge in [-0.1, -0.05) is 23.5 Å². The number of hydrogen-bond acceptors (Lipinski definition) is 7. The van der Waals surface area contributed by atoms with Crippen LogP contribution in [0.25, 0.3) is 10.2 Å². The third kappa shape index (κ3) is 5.24. The Kier molecular flexibility index (Phi) is 7.97. The highest BCUT2D eigenvalue weighted by atomic mass is 35.5. The van der Waals surface area contributed by atoms with Gasteiger partial charge in [0.05, 0.1) is 20.7 Å². The van der Waals surface area contributed by atoms with Crippen LogP contribution in [0.5, 0.6) is 0 Å². The van der Waals surface area contributed by atoms with E-state index >= 15 is 0 Å². The molecule has 1 amide bonds. The van der Waals surface area contributed by atoms with Crippen molar-refractivity contribution in [3.63, 3.8) is 0 Å². The largest absolute Gasteiger partial charge is 0.308 e. The normalized spacial score (nSPS) is 10.8. The number of carbonyl (C=O) groups excluding carboxylic acids is 1. The Labute approximate surface area is 183 Å². The maximum Gasteiger partial charge on any atom is 0.270 e. The minimum atomic E-state index is -0.428. The predicted molar refractivity (Wildman–Crippen MR) is 122 cm³/mol. The first-order valence-corrected chi connectivity index (χ1v) is 10.6. The number of amides is 1. The molecule has 0 saturated heterocycles. The van der Waals surface area contributed by atoms with Gasteiger partial charge in [0.2, 0.25) is 0 Å². The molecule has 0 unspecified atom stereocenters. The van der Waals surface area contributed by atoms with Crippen molar-refractivity contribution in [3.8, 4) is 0 Å². The molecule has 154 valence electrons. The maximum absolute atomic E-state index is 13.3. The van der Waals surface area contributed by atoms with Gasteiger partial charge in [-0.2, -0.15) is 0 Å². The van der Waals surface area contributed by atoms with Crippen molar-refractivity contribution >= 4 is 62.4 Å². The van der Waals surface area contributed by atoms with Crippen LogP contribution in [-0.2, 0) is 0 Å². The molecule has 1 heterocycles. The molecule has 3 rings (SSSR count). The molecule has 2 aromatic carbocycles. The molecule has 0 radical (unpaired) electrons. The minimum Gasteiger partial charge on any atom is -0.308 e. The van der Waals surface area contributed by atoms with E-state index in [1.165, 1.54) is 35.2 Å². The lowest BCUT2D eigenvalue weighted by molar-refractivity contribution is -0.384. The van der Waals surface area contributed by atoms with E-state index in [-0.39, 0.29) is 24.0 Å². The molecule has 0 spiro atoms. The number of thiazole rings is 1. The number of thioether (sulfide) groups is 1. The van der Waals surface area contributed by atoms with Gasteiger partial charge in [-0.25, -0.2) is 4.98 Å². The minimum absolute atomic E-state index is 0. The molecule has 3 aromatic rings. The monoisotopic (exact) mass is 452 g/mol. The summed E-state index contributed by atoms with van der Waals surface area (Å²) in [6.07, 6.45) is 1.94. The molecule has 0 atom stereocenters. The Morgan fingerprint density at radius 3 is 2.59 bits per heavy atom. The summed E-state index contributed by atoms with van der Waals surface area (Å²) in [4.78, 5) is 33.1. The molecular weight excluding hydrogens is 432 g/mol. The summed E-state index contributed by atoms with van der Waals surface area (Å²) in [5.74, 6) is -0.125. The predicted octanol–water partition coefficient (Wildman–Crippen LogP) is 4.56. The van der Waals surface area contributed by atoms with Crippen LogP contribution in [0.3, 0.4) is 0 Å². The van der Waals surface area contributed by atoms with Crippen LogP contribution < -0.4 is 4.90 Å². The average Bonchev–Trinajstić information content (AvgIpc) is 3.10. The summed E-state index contributed by atoms with van der Waals surface area (Å²) < 4.78 is 0.685. The van der Waals surface area contributed by atoms with E-state index in [9.17, 15) is 14.9 Å². The number of hydrogen-bond donors (Lipinski definition) is 0. The number of carbonyl (C=O) groups is 1. The smallest absolute Gasteiger partial charge is 0.270 e. The number of nitro groups is 1. The number of non-ortho nitro benzene ring substituents is 1. The molecule has 1 aromatic heterocycles. The lowest BCUT2D eigenvalue weighted by Crippen LogP contribution is -2.37. The Morgan fingerprint density at radius 1 is 1.21 bits per heavy atom. The molecule has 0 saturated carbocycles. The van der Waals surface area contributed by atoms with Crippen molar-refractivity contribution in [2.24, 2.45) is 0 Å². The first-order valence-electron chi connectivity index (χ1n) is 8.55. The number of fused-ring (bicyclic) bond motifs is 1. The highest BCUT2D eigenvalue weighted by molar-refractivity contribution is 7.98. The van der Waals surface area contributed by atoms with Crippen LogP contribution in [0.1, 0.15) is 10.4 Å². The first kappa shape index (κ1) is 23.1. The second-order valence-corrected chi connectivity index (χ2v) is 8.22. The van der Waals surface area contributed by atoms with Gasteiger partial charge in [-0.05, 0) is 38.6 Å². The van der Waals surface area contributed by atoms with Crippen molar-refractivity contribution in [2.45, 2.75) is 4.90 Å². The van der Waals surface area contributed by atoms with Gasteiger partial charge in [0, 0.05) is 30.1 Å². The standard InChI is InChI=1S/C19H20N4O3S2.ClH/c1-21(2)10-11-22(18(24)14-6-4-5-7-16(14)27-3)19-20-15-9-8-13(23(25)26)12-17(15)28-19;/h4-9,12H,10-11H2,1-3H3;1H. The van der Waals surface area contributed by atoms with Crippen molar-refractivity contribution in [2.75, 3.05) is 38.3 Å². The molecule has 10 heteroatoms. The highest BCUT2D eigenvalue weighted by Crippen LogP contribution is 2.33. The van der Waals surface area contributed by atoms with Gasteiger partial charge in [-0.15, -0.1) is 24.2 Å². The highest BCUT2D eigenvalue weighted by Gasteiger charge is 2.23. The number of likely N-dealkylation sites (N-methyl/N-ethyl adjacent to an activating group) is 1. The fourth-order valence-electron chi connectivity index (χ4n) is 2.68. The fourth-order valence-corrected chi connectivity index (χ4v) is 4.29. The molecule has 0 bridgehead atoms. The molecule has 0 aliphatic rings. The van der Waals surface area contributed by atoms with Gasteiger partial charge in [-0.3, -0.25) is 19.8 Å². The number of rotatable bonds is 7. The van der Waals surface area contributed by atoms with Gasteiger partial charge < -0.3 is 4.90 Å². The quantitative estimate of drug-likeness (QED) is 0.297. The van der Waals surface area contributed by atoms with E-state index in [1.54, 1.807) is 11.0 Å². The van der Waals surface area contributed by atoms with Crippen molar-refractivity contribution in [1.82, 2.24) is 9.88 Å². The summed E-state index contributed by atoms with van der Waals surface area (Å²) in [6.45, 7) is 1.14. The van der Waals surface area contributed by atoms with Crippen molar-refractivity contribution < 1.29 is 9.72 Å². The van der Waals surface area contributed by atoms with E-state index in [1.807, 2.05) is 49.5 Å². The molecule has 0 aliphatic heterocycles. The zero-order valence-corrected chi connectivity index (χ0v) is 18.6. The fraction of sp³-hybridized carbons (Fsp3) is 0.263. The first-order chi connectivity index (χ1) is 13.4. The summed E-state index contributed by atoms with van der Waals surface area (Å²) in [5, 5.41) is 11.6. The lowest BCUT2D eigenvalue weighted by atomic mass is 10.2. The van der Waals surface area contributed by atoms with Crippen LogP contribution in [0, 0.1) is 10.1 Å². The average molecular weight is 453 g/mol. The topological polar surface area (TPSA) is 79.6 Å². The maximum atomic E-state index is 13.3. The molecule has 0 N–H and O–H groups in total. The van der Waals surface area contributed by atoms with E-state index in [2.05, 4.69) is 4.98 Å². The number of aromatic nitrogens is 1. The third-order valence-electron chi connectivity index (χ3n) is 4.16. The van der Waals surface area contributed by atoms with Crippen LogP contribution in [0.4, 0.5) is 10.8 Å². The van der Waals surface area contributed by atoms with E-state index in [0.29, 0.717) is 34.0 Å². The Balaban J connectivity index is 0.00000300. The number of nitrogens with zero attached hydrogens (tertiary/aromatic N) is 4. The van der Waals surface area contributed by atoms with Crippen LogP contribution in [0.2, 0.25) is 0 Å². The Morgan fingerprint density at radius 2 is 1.93 bits per heavy atom. The van der Waals surface area contributed by atoms with E-state index < -0.39 is 4.92 Å². The second kappa shape index (κ2) is 10.0. The summed E-state index contributed by atoms with van der Waals surface area (Å²) >= 11 is 2.81. The number of benzene rings is 2. The molecular formula is C19H21ClN4O3S2. The van der Waals surface area contributed by atoms with Gasteiger partial charge in [0.25, 0.3) is 11.6 Å². The second-order valence-electron chi connectivity index (χ2n) is 6.37. The lowest BCUT2D eigenvalue weighted by Gasteiger charge is -2.22. The van der Waals surface area contributed by atoms with Crippen LogP contribution in [0.15, 0.2) is 47.4 Å². The third-order valence-corrected chi connectivity index (χ3v) is 5.99. The zero-order chi connectivity index (χ0) is 20.3. The molecule has 0 aliphatic carbocycles. The number of anilines is 1. The zero-order valence-electron chi connectivity index (χ0n) is 16.2. The molecule has 29 heavy (non-hydrogen) atoms. The van der Waals surface area contributed by atoms with Gasteiger partial charge >= 0.3 is 0 Å².